The quantitative estimate of drug-likeness (QED) is 0.793. The first-order chi connectivity index (χ1) is 8.79. The zero-order chi connectivity index (χ0) is 12.8. The highest BCUT2D eigenvalue weighted by atomic mass is 35.5. The van der Waals surface area contributed by atoms with Crippen LogP contribution in [0.1, 0.15) is 18.9 Å². The molecule has 0 bridgehead atoms. The van der Waals surface area contributed by atoms with E-state index in [1.54, 1.807) is 18.0 Å². The molecule has 0 radical (unpaired) electrons. The summed E-state index contributed by atoms with van der Waals surface area (Å²) in [5.41, 5.74) is 1.21. The molecule has 0 aliphatic carbocycles. The van der Waals surface area contributed by atoms with E-state index in [0.717, 1.165) is 29.7 Å². The van der Waals surface area contributed by atoms with Crippen molar-refractivity contribution in [1.29, 1.82) is 0 Å². The van der Waals surface area contributed by atoms with Crippen LogP contribution in [0.4, 0.5) is 0 Å². The van der Waals surface area contributed by atoms with Crippen molar-refractivity contribution < 1.29 is 0 Å². The fourth-order valence-electron chi connectivity index (χ4n) is 1.60. The first kappa shape index (κ1) is 13.5. The summed E-state index contributed by atoms with van der Waals surface area (Å²) in [6.07, 6.45) is 4.71. The smallest absolute Gasteiger partial charge is 0.170 e. The molecular formula is C13H16ClN3S. The highest BCUT2D eigenvalue weighted by Crippen LogP contribution is 2.29. The topological polar surface area (TPSA) is 40.7 Å². The van der Waals surface area contributed by atoms with E-state index in [9.17, 15) is 0 Å². The van der Waals surface area contributed by atoms with Crippen LogP contribution in [0, 0.1) is 0 Å². The molecule has 5 heteroatoms. The number of H-pyrrole nitrogens is 1. The van der Waals surface area contributed by atoms with Crippen molar-refractivity contribution in [1.82, 2.24) is 15.3 Å². The zero-order valence-corrected chi connectivity index (χ0v) is 11.8. The van der Waals surface area contributed by atoms with Gasteiger partial charge < -0.3 is 10.3 Å². The van der Waals surface area contributed by atoms with Crippen LogP contribution in [0.25, 0.3) is 0 Å². The van der Waals surface area contributed by atoms with Gasteiger partial charge >= 0.3 is 0 Å². The molecule has 1 heterocycles. The van der Waals surface area contributed by atoms with Gasteiger partial charge in [0.2, 0.25) is 0 Å². The summed E-state index contributed by atoms with van der Waals surface area (Å²) in [5.74, 6) is 0. The van der Waals surface area contributed by atoms with Gasteiger partial charge in [-0.3, -0.25) is 0 Å². The molecule has 0 fully saturated rings. The molecular weight excluding hydrogens is 266 g/mol. The van der Waals surface area contributed by atoms with Crippen LogP contribution in [-0.4, -0.2) is 16.5 Å². The van der Waals surface area contributed by atoms with E-state index in [1.807, 2.05) is 24.4 Å². The lowest BCUT2D eigenvalue weighted by Gasteiger charge is -2.09. The second-order valence-corrected chi connectivity index (χ2v) is 5.39. The second kappa shape index (κ2) is 6.83. The van der Waals surface area contributed by atoms with Crippen LogP contribution >= 0.6 is 23.4 Å². The summed E-state index contributed by atoms with van der Waals surface area (Å²) in [5, 5.41) is 5.06. The van der Waals surface area contributed by atoms with Gasteiger partial charge in [-0.05, 0) is 36.7 Å². The van der Waals surface area contributed by atoms with Crippen molar-refractivity contribution in [3.63, 3.8) is 0 Å². The lowest BCUT2D eigenvalue weighted by molar-refractivity contribution is 0.669. The summed E-state index contributed by atoms with van der Waals surface area (Å²) in [4.78, 5) is 8.50. The molecule has 2 N–H and O–H groups in total. The Kier molecular flexibility index (Phi) is 5.11. The van der Waals surface area contributed by atoms with E-state index < -0.39 is 0 Å². The van der Waals surface area contributed by atoms with Crippen molar-refractivity contribution in [3.8, 4) is 0 Å². The molecule has 0 aliphatic heterocycles. The maximum atomic E-state index is 6.05. The van der Waals surface area contributed by atoms with E-state index in [1.165, 1.54) is 10.5 Å². The van der Waals surface area contributed by atoms with Crippen molar-refractivity contribution in [2.45, 2.75) is 29.9 Å². The Hall–Kier alpha value is -0.970. The fourth-order valence-corrected chi connectivity index (χ4v) is 2.64. The molecule has 1 aromatic heterocycles. The number of nitrogens with one attached hydrogen (secondary N) is 2. The summed E-state index contributed by atoms with van der Waals surface area (Å²) in [6.45, 7) is 4.00. The normalized spacial score (nSPS) is 10.8. The van der Waals surface area contributed by atoms with Crippen molar-refractivity contribution in [2.75, 3.05) is 6.54 Å². The molecule has 0 saturated heterocycles. The molecule has 18 heavy (non-hydrogen) atoms. The highest BCUT2D eigenvalue weighted by molar-refractivity contribution is 7.99. The zero-order valence-electron chi connectivity index (χ0n) is 10.2. The first-order valence-electron chi connectivity index (χ1n) is 5.96. The van der Waals surface area contributed by atoms with Crippen LogP contribution in [0.3, 0.4) is 0 Å². The minimum Gasteiger partial charge on any atom is -0.339 e. The summed E-state index contributed by atoms with van der Waals surface area (Å²) in [6, 6.07) is 5.96. The Labute approximate surface area is 116 Å². The van der Waals surface area contributed by atoms with E-state index in [4.69, 9.17) is 11.6 Å². The Morgan fingerprint density at radius 2 is 2.33 bits per heavy atom. The monoisotopic (exact) mass is 281 g/mol. The van der Waals surface area contributed by atoms with Crippen LogP contribution in [0.2, 0.25) is 5.02 Å². The van der Waals surface area contributed by atoms with Crippen LogP contribution in [0.15, 0.2) is 40.6 Å². The molecule has 0 unspecified atom stereocenters. The van der Waals surface area contributed by atoms with E-state index >= 15 is 0 Å². The predicted octanol–water partition coefficient (Wildman–Crippen LogP) is 3.71. The van der Waals surface area contributed by atoms with Gasteiger partial charge in [0.1, 0.15) is 0 Å². The number of hydrogen-bond donors (Lipinski definition) is 2. The number of benzene rings is 1. The molecule has 0 amide bonds. The molecule has 3 nitrogen and oxygen atoms in total. The average molecular weight is 282 g/mol. The van der Waals surface area contributed by atoms with E-state index in [2.05, 4.69) is 22.2 Å². The molecule has 2 rings (SSSR count). The third-order valence-corrected chi connectivity index (χ3v) is 3.71. The van der Waals surface area contributed by atoms with Gasteiger partial charge in [0.15, 0.2) is 5.16 Å². The Morgan fingerprint density at radius 3 is 3.06 bits per heavy atom. The van der Waals surface area contributed by atoms with Gasteiger partial charge in [-0.15, -0.1) is 0 Å². The molecule has 0 aliphatic rings. The third-order valence-electron chi connectivity index (χ3n) is 2.44. The molecule has 1 aromatic carbocycles. The van der Waals surface area contributed by atoms with Gasteiger partial charge in [-0.1, -0.05) is 30.3 Å². The van der Waals surface area contributed by atoms with Crippen LogP contribution in [-0.2, 0) is 6.54 Å². The molecule has 0 atom stereocenters. The van der Waals surface area contributed by atoms with Crippen LogP contribution < -0.4 is 5.32 Å². The number of halogens is 1. The van der Waals surface area contributed by atoms with Crippen molar-refractivity contribution >= 4 is 23.4 Å². The lowest BCUT2D eigenvalue weighted by Crippen LogP contribution is -2.14. The third kappa shape index (κ3) is 3.77. The number of aromatic amines is 1. The first-order valence-corrected chi connectivity index (χ1v) is 7.15. The molecule has 2 aromatic rings. The predicted molar refractivity (Wildman–Crippen MR) is 76.2 cm³/mol. The number of hydrogen-bond acceptors (Lipinski definition) is 3. The average Bonchev–Trinajstić information content (AvgIpc) is 2.86. The van der Waals surface area contributed by atoms with Crippen molar-refractivity contribution in [2.24, 2.45) is 0 Å². The Morgan fingerprint density at radius 1 is 1.44 bits per heavy atom. The van der Waals surface area contributed by atoms with E-state index in [-0.39, 0.29) is 0 Å². The van der Waals surface area contributed by atoms with Crippen LogP contribution in [0.5, 0.6) is 0 Å². The standard InChI is InChI=1S/C13H16ClN3S/c1-2-5-15-9-10-8-11(14)3-4-12(10)18-13-16-6-7-17-13/h3-4,6-8,15H,2,5,9H2,1H3,(H,16,17). The lowest BCUT2D eigenvalue weighted by atomic mass is 10.2. The number of aromatic nitrogens is 2. The minimum absolute atomic E-state index is 0.770. The second-order valence-electron chi connectivity index (χ2n) is 3.93. The van der Waals surface area contributed by atoms with Gasteiger partial charge in [0, 0.05) is 28.9 Å². The van der Waals surface area contributed by atoms with Gasteiger partial charge in [0.25, 0.3) is 0 Å². The minimum atomic E-state index is 0.770. The van der Waals surface area contributed by atoms with Gasteiger partial charge in [-0.2, -0.15) is 0 Å². The largest absolute Gasteiger partial charge is 0.339 e. The Bertz CT molecular complexity index is 485. The number of rotatable bonds is 6. The maximum absolute atomic E-state index is 6.05. The molecule has 0 spiro atoms. The molecule has 96 valence electrons. The van der Waals surface area contributed by atoms with Gasteiger partial charge in [0.05, 0.1) is 0 Å². The number of imidazole rings is 1. The van der Waals surface area contributed by atoms with Gasteiger partial charge in [-0.25, -0.2) is 4.98 Å². The number of nitrogens with zero attached hydrogens (tertiary/aromatic N) is 1. The summed E-state index contributed by atoms with van der Waals surface area (Å²) >= 11 is 7.67. The Balaban J connectivity index is 2.12. The SMILES string of the molecule is CCCNCc1cc(Cl)ccc1Sc1ncc[nH]1. The van der Waals surface area contributed by atoms with Crippen molar-refractivity contribution in [3.05, 3.63) is 41.2 Å². The fraction of sp³-hybridized carbons (Fsp3) is 0.308. The molecule has 0 saturated carbocycles. The maximum Gasteiger partial charge on any atom is 0.170 e. The highest BCUT2D eigenvalue weighted by Gasteiger charge is 2.06. The summed E-state index contributed by atoms with van der Waals surface area (Å²) in [7, 11) is 0. The van der Waals surface area contributed by atoms with E-state index in [0.29, 0.717) is 0 Å². The summed E-state index contributed by atoms with van der Waals surface area (Å²) < 4.78 is 0.